The highest BCUT2D eigenvalue weighted by Crippen LogP contribution is 2.41. The third-order valence-electron chi connectivity index (χ3n) is 3.21. The first-order valence-corrected chi connectivity index (χ1v) is 7.65. The molecule has 2 N–H and O–H groups in total. The average Bonchev–Trinajstić information content (AvgIpc) is 2.88. The van der Waals surface area contributed by atoms with Crippen LogP contribution in [0.1, 0.15) is 10.5 Å². The summed E-state index contributed by atoms with van der Waals surface area (Å²) in [5.41, 5.74) is 0.882. The molecule has 0 aliphatic heterocycles. The lowest BCUT2D eigenvalue weighted by Crippen LogP contribution is -1.98. The van der Waals surface area contributed by atoms with Gasteiger partial charge < -0.3 is 14.8 Å². The number of halogens is 1. The normalized spacial score (nSPS) is 10.8. The summed E-state index contributed by atoms with van der Waals surface area (Å²) in [6.07, 6.45) is 0. The third-order valence-corrected chi connectivity index (χ3v) is 4.58. The van der Waals surface area contributed by atoms with Crippen molar-refractivity contribution in [1.82, 2.24) is 4.98 Å². The van der Waals surface area contributed by atoms with Crippen molar-refractivity contribution < 1.29 is 14.6 Å². The zero-order chi connectivity index (χ0) is 15.7. The van der Waals surface area contributed by atoms with Crippen LogP contribution >= 0.6 is 23.4 Å². The number of carboxylic acids is 1. The molecular weight excluding hydrogens is 322 g/mol. The van der Waals surface area contributed by atoms with E-state index in [2.05, 4.69) is 4.98 Å². The molecule has 0 saturated heterocycles. The van der Waals surface area contributed by atoms with Gasteiger partial charge in [0.15, 0.2) is 0 Å². The Balaban J connectivity index is 2.18. The maximum absolute atomic E-state index is 11.5. The van der Waals surface area contributed by atoms with Crippen molar-refractivity contribution in [1.29, 1.82) is 0 Å². The van der Waals surface area contributed by atoms with E-state index in [-0.39, 0.29) is 5.69 Å². The van der Waals surface area contributed by atoms with Gasteiger partial charge in [-0.1, -0.05) is 29.4 Å². The molecule has 4 nitrogen and oxygen atoms in total. The Bertz CT molecular complexity index is 842. The summed E-state index contributed by atoms with van der Waals surface area (Å²) in [7, 11) is 1.57. The molecule has 1 heterocycles. The number of aromatic amines is 1. The highest BCUT2D eigenvalue weighted by Gasteiger charge is 2.20. The van der Waals surface area contributed by atoms with Crippen LogP contribution in [0.15, 0.2) is 52.3 Å². The molecule has 22 heavy (non-hydrogen) atoms. The molecule has 112 valence electrons. The number of H-pyrrole nitrogens is 1. The second kappa shape index (κ2) is 5.94. The molecule has 0 spiro atoms. The van der Waals surface area contributed by atoms with Crippen molar-refractivity contribution in [3.8, 4) is 5.75 Å². The van der Waals surface area contributed by atoms with Crippen molar-refractivity contribution in [3.05, 3.63) is 53.2 Å². The molecule has 3 rings (SSSR count). The lowest BCUT2D eigenvalue weighted by Gasteiger charge is -2.06. The van der Waals surface area contributed by atoms with Crippen LogP contribution in [0.5, 0.6) is 5.75 Å². The molecule has 0 saturated carbocycles. The number of nitrogens with one attached hydrogen (secondary N) is 1. The van der Waals surface area contributed by atoms with Crippen molar-refractivity contribution in [2.75, 3.05) is 7.11 Å². The minimum atomic E-state index is -1.00. The number of benzene rings is 2. The van der Waals surface area contributed by atoms with Gasteiger partial charge in [-0.25, -0.2) is 4.79 Å². The Hall–Kier alpha value is -2.11. The number of fused-ring (bicyclic) bond motifs is 1. The van der Waals surface area contributed by atoms with E-state index in [0.29, 0.717) is 15.7 Å². The summed E-state index contributed by atoms with van der Waals surface area (Å²) in [5, 5.41) is 10.9. The first kappa shape index (κ1) is 14.8. The number of aromatic nitrogens is 1. The smallest absolute Gasteiger partial charge is 0.353 e. The number of hydrogen-bond acceptors (Lipinski definition) is 3. The molecule has 0 unspecified atom stereocenters. The zero-order valence-corrected chi connectivity index (χ0v) is 13.2. The molecule has 3 aromatic rings. The summed E-state index contributed by atoms with van der Waals surface area (Å²) < 4.78 is 5.37. The van der Waals surface area contributed by atoms with Crippen molar-refractivity contribution in [2.24, 2.45) is 0 Å². The highest BCUT2D eigenvalue weighted by atomic mass is 35.5. The monoisotopic (exact) mass is 333 g/mol. The number of carbonyl (C=O) groups is 1. The Morgan fingerprint density at radius 3 is 2.59 bits per heavy atom. The summed E-state index contributed by atoms with van der Waals surface area (Å²) in [6, 6.07) is 12.7. The van der Waals surface area contributed by atoms with Gasteiger partial charge in [-0.15, -0.1) is 0 Å². The summed E-state index contributed by atoms with van der Waals surface area (Å²) >= 11 is 7.25. The van der Waals surface area contributed by atoms with E-state index in [1.807, 2.05) is 30.3 Å². The third kappa shape index (κ3) is 2.65. The van der Waals surface area contributed by atoms with Crippen molar-refractivity contribution in [3.63, 3.8) is 0 Å². The molecule has 0 bridgehead atoms. The van der Waals surface area contributed by atoms with Crippen LogP contribution in [0.2, 0.25) is 5.02 Å². The number of hydrogen-bond donors (Lipinski definition) is 2. The first-order valence-electron chi connectivity index (χ1n) is 6.45. The molecule has 0 aliphatic carbocycles. The molecule has 0 fully saturated rings. The lowest BCUT2D eigenvalue weighted by atomic mass is 10.2. The fourth-order valence-electron chi connectivity index (χ4n) is 2.23. The van der Waals surface area contributed by atoms with Gasteiger partial charge in [-0.05, 0) is 36.4 Å². The van der Waals surface area contributed by atoms with Crippen LogP contribution in [-0.4, -0.2) is 23.2 Å². The fourth-order valence-corrected chi connectivity index (χ4v) is 3.42. The van der Waals surface area contributed by atoms with E-state index in [4.69, 9.17) is 16.3 Å². The molecule has 0 amide bonds. The Kier molecular flexibility index (Phi) is 4.00. The number of aromatic carboxylic acids is 1. The van der Waals surface area contributed by atoms with Crippen LogP contribution in [0.25, 0.3) is 10.9 Å². The Morgan fingerprint density at radius 1 is 1.23 bits per heavy atom. The SMILES string of the molecule is COc1cccc2[nH]c(C(=O)O)c(Sc3ccc(Cl)cc3)c12. The fraction of sp³-hybridized carbons (Fsp3) is 0.0625. The van der Waals surface area contributed by atoms with Crippen LogP contribution in [0, 0.1) is 0 Å². The van der Waals surface area contributed by atoms with E-state index in [0.717, 1.165) is 15.8 Å². The molecule has 0 atom stereocenters. The topological polar surface area (TPSA) is 62.3 Å². The van der Waals surface area contributed by atoms with Gasteiger partial charge in [-0.3, -0.25) is 0 Å². The quantitative estimate of drug-likeness (QED) is 0.727. The number of carboxylic acid groups (broad SMARTS) is 1. The first-order chi connectivity index (χ1) is 10.6. The van der Waals surface area contributed by atoms with Gasteiger partial charge in [0.1, 0.15) is 11.4 Å². The van der Waals surface area contributed by atoms with Crippen molar-refractivity contribution >= 4 is 40.2 Å². The van der Waals surface area contributed by atoms with E-state index in [1.165, 1.54) is 11.8 Å². The maximum atomic E-state index is 11.5. The van der Waals surface area contributed by atoms with E-state index in [9.17, 15) is 9.90 Å². The second-order valence-corrected chi connectivity index (χ2v) is 6.09. The minimum Gasteiger partial charge on any atom is -0.496 e. The van der Waals surface area contributed by atoms with Gasteiger partial charge >= 0.3 is 5.97 Å². The molecule has 0 radical (unpaired) electrons. The lowest BCUT2D eigenvalue weighted by molar-refractivity contribution is 0.0688. The van der Waals surface area contributed by atoms with Gasteiger partial charge in [0, 0.05) is 9.92 Å². The standard InChI is InChI=1S/C16H12ClNO3S/c1-21-12-4-2-3-11-13(12)15(14(18-11)16(19)20)22-10-7-5-9(17)6-8-10/h2-8,18H,1H3,(H,19,20). The van der Waals surface area contributed by atoms with E-state index in [1.54, 1.807) is 19.2 Å². The average molecular weight is 334 g/mol. The Labute approximate surface area is 136 Å². The van der Waals surface area contributed by atoms with Crippen LogP contribution in [-0.2, 0) is 0 Å². The molecule has 2 aromatic carbocycles. The number of rotatable bonds is 4. The van der Waals surface area contributed by atoms with Crippen molar-refractivity contribution in [2.45, 2.75) is 9.79 Å². The van der Waals surface area contributed by atoms with Gasteiger partial charge in [0.2, 0.25) is 0 Å². The van der Waals surface area contributed by atoms with Gasteiger partial charge in [0.05, 0.1) is 22.9 Å². The zero-order valence-electron chi connectivity index (χ0n) is 11.6. The largest absolute Gasteiger partial charge is 0.496 e. The maximum Gasteiger partial charge on any atom is 0.353 e. The van der Waals surface area contributed by atoms with Crippen LogP contribution < -0.4 is 4.74 Å². The summed E-state index contributed by atoms with van der Waals surface area (Å²) in [5.74, 6) is -0.368. The predicted octanol–water partition coefficient (Wildman–Crippen LogP) is 4.68. The number of methoxy groups -OCH3 is 1. The second-order valence-electron chi connectivity index (χ2n) is 4.57. The summed E-state index contributed by atoms with van der Waals surface area (Å²) in [6.45, 7) is 0. The molecule has 6 heteroatoms. The van der Waals surface area contributed by atoms with E-state index < -0.39 is 5.97 Å². The highest BCUT2D eigenvalue weighted by molar-refractivity contribution is 7.99. The number of ether oxygens (including phenoxy) is 1. The van der Waals surface area contributed by atoms with Gasteiger partial charge in [0.25, 0.3) is 0 Å². The van der Waals surface area contributed by atoms with Crippen LogP contribution in [0.4, 0.5) is 0 Å². The summed E-state index contributed by atoms with van der Waals surface area (Å²) in [4.78, 5) is 16.0. The molecule has 0 aliphatic rings. The predicted molar refractivity (Wildman–Crippen MR) is 87.4 cm³/mol. The minimum absolute atomic E-state index is 0.152. The molecule has 1 aromatic heterocycles. The molecular formula is C16H12ClNO3S. The Morgan fingerprint density at radius 2 is 1.95 bits per heavy atom. The van der Waals surface area contributed by atoms with Crippen LogP contribution in [0.3, 0.4) is 0 Å². The van der Waals surface area contributed by atoms with Gasteiger partial charge in [-0.2, -0.15) is 0 Å². The van der Waals surface area contributed by atoms with E-state index >= 15 is 0 Å².